The van der Waals surface area contributed by atoms with Gasteiger partial charge in [-0.2, -0.15) is 0 Å². The highest BCUT2D eigenvalue weighted by Crippen LogP contribution is 2.45. The molecule has 2 aromatic heterocycles. The van der Waals surface area contributed by atoms with Crippen LogP contribution in [0.4, 0.5) is 0 Å². The van der Waals surface area contributed by atoms with Gasteiger partial charge in [0.1, 0.15) is 0 Å². The molecule has 0 amide bonds. The van der Waals surface area contributed by atoms with Gasteiger partial charge in [0, 0.05) is 38.8 Å². The zero-order valence-corrected chi connectivity index (χ0v) is 30.1. The minimum Gasteiger partial charge on any atom is -0.208 e. The molecule has 2 heterocycles. The van der Waals surface area contributed by atoms with Gasteiger partial charge in [-0.3, -0.25) is 0 Å². The molecule has 0 atom stereocenters. The molecule has 8 rings (SSSR count). The van der Waals surface area contributed by atoms with E-state index in [1.54, 1.807) is 12.2 Å². The molecule has 0 N–H and O–H groups in total. The third-order valence-corrected chi connectivity index (χ3v) is 10.2. The van der Waals surface area contributed by atoms with Gasteiger partial charge >= 0.3 is 0 Å². The van der Waals surface area contributed by atoms with Crippen molar-refractivity contribution in [2.45, 2.75) is 37.5 Å². The van der Waals surface area contributed by atoms with E-state index in [0.717, 1.165) is 46.2 Å². The summed E-state index contributed by atoms with van der Waals surface area (Å²) in [5, 5.41) is 0. The number of nitrogens with zero attached hydrogens (tertiary/aromatic N) is 6. The van der Waals surface area contributed by atoms with Crippen molar-refractivity contribution in [3.05, 3.63) is 188 Å². The topological polar surface area (TPSA) is 77.3 Å². The summed E-state index contributed by atoms with van der Waals surface area (Å²) < 4.78 is 0. The second-order valence-corrected chi connectivity index (χ2v) is 13.6. The predicted molar refractivity (Wildman–Crippen MR) is 219 cm³/mol. The minimum atomic E-state index is -0.110. The number of hydrogen-bond donors (Lipinski definition) is 0. The molecule has 0 unspecified atom stereocenters. The summed E-state index contributed by atoms with van der Waals surface area (Å²) in [5.41, 5.74) is 8.01. The summed E-state index contributed by atoms with van der Waals surface area (Å²) in [6.07, 6.45) is 11.1. The first-order chi connectivity index (χ1) is 26.6. The van der Waals surface area contributed by atoms with Crippen LogP contribution >= 0.6 is 0 Å². The van der Waals surface area contributed by atoms with E-state index in [4.69, 9.17) is 29.9 Å². The van der Waals surface area contributed by atoms with Crippen LogP contribution in [-0.2, 0) is 5.41 Å². The Balaban J connectivity index is 1.15. The van der Waals surface area contributed by atoms with Gasteiger partial charge in [-0.05, 0) is 24.0 Å². The predicted octanol–water partition coefficient (Wildman–Crippen LogP) is 11.4. The van der Waals surface area contributed by atoms with Crippen LogP contribution in [0.5, 0.6) is 0 Å². The second kappa shape index (κ2) is 15.5. The van der Waals surface area contributed by atoms with Crippen LogP contribution < -0.4 is 0 Å². The van der Waals surface area contributed by atoms with Crippen molar-refractivity contribution >= 4 is 5.57 Å². The Morgan fingerprint density at radius 3 is 1.13 bits per heavy atom. The molecule has 1 saturated carbocycles. The van der Waals surface area contributed by atoms with Crippen LogP contribution in [0, 0.1) is 0 Å². The van der Waals surface area contributed by atoms with E-state index in [2.05, 4.69) is 61.7 Å². The minimum absolute atomic E-state index is 0.110. The lowest BCUT2D eigenvalue weighted by molar-refractivity contribution is 0.346. The highest BCUT2D eigenvalue weighted by atomic mass is 15.0. The summed E-state index contributed by atoms with van der Waals surface area (Å²) in [7, 11) is 0. The Bertz CT molecular complexity index is 2360. The van der Waals surface area contributed by atoms with Gasteiger partial charge in [0.2, 0.25) is 0 Å². The fourth-order valence-electron chi connectivity index (χ4n) is 7.42. The molecule has 7 aromatic rings. The van der Waals surface area contributed by atoms with Crippen molar-refractivity contribution in [2.75, 3.05) is 0 Å². The van der Waals surface area contributed by atoms with Gasteiger partial charge < -0.3 is 0 Å². The molecule has 1 fully saturated rings. The quantitative estimate of drug-likeness (QED) is 0.132. The fourth-order valence-corrected chi connectivity index (χ4v) is 7.42. The fraction of sp³-hybridized carbons (Fsp3) is 0.125. The Morgan fingerprint density at radius 2 is 0.778 bits per heavy atom. The molecule has 0 aliphatic heterocycles. The maximum Gasteiger partial charge on any atom is 0.164 e. The lowest BCUT2D eigenvalue weighted by Gasteiger charge is -2.39. The summed E-state index contributed by atoms with van der Waals surface area (Å²) in [6.45, 7) is 7.86. The molecule has 6 nitrogen and oxygen atoms in total. The molecule has 5 aromatic carbocycles. The molecule has 54 heavy (non-hydrogen) atoms. The van der Waals surface area contributed by atoms with Crippen molar-refractivity contribution < 1.29 is 0 Å². The standard InChI is InChI=1S/C48H40N6/c1-3-17-34(4-2)42-49-43(35-18-9-5-10-19-35)52-46(50-42)38-24-28-40(29-25-38)48(32-15-8-16-33-48)41-30-26-39(27-31-41)47-53-44(36-20-11-6-12-21-36)51-45(54-47)37-22-13-7-14-23-37/h3-7,9-14,17-31H,1-2,8,15-16,32-33H2/b34-17+. The molecular formula is C48H40N6. The van der Waals surface area contributed by atoms with E-state index >= 15 is 0 Å². The zero-order chi connectivity index (χ0) is 36.7. The van der Waals surface area contributed by atoms with E-state index in [9.17, 15) is 0 Å². The summed E-state index contributed by atoms with van der Waals surface area (Å²) >= 11 is 0. The molecule has 6 heteroatoms. The number of allylic oxidation sites excluding steroid dienone is 4. The highest BCUT2D eigenvalue weighted by Gasteiger charge is 2.36. The van der Waals surface area contributed by atoms with E-state index < -0.39 is 0 Å². The Morgan fingerprint density at radius 1 is 0.426 bits per heavy atom. The monoisotopic (exact) mass is 700 g/mol. The molecule has 1 aliphatic rings. The average Bonchev–Trinajstić information content (AvgIpc) is 3.26. The van der Waals surface area contributed by atoms with Gasteiger partial charge in [-0.15, -0.1) is 0 Å². The molecule has 262 valence electrons. The van der Waals surface area contributed by atoms with E-state index in [0.29, 0.717) is 34.9 Å². The SMILES string of the molecule is C=C/C=C(\C=C)c1nc(-c2ccccc2)nc(-c2ccc(C3(c4ccc(-c5nc(-c6ccccc6)nc(-c6ccccc6)n5)cc4)CCCCC3)cc2)n1. The molecule has 0 spiro atoms. The lowest BCUT2D eigenvalue weighted by Crippen LogP contribution is -2.30. The van der Waals surface area contributed by atoms with E-state index in [-0.39, 0.29) is 5.41 Å². The Labute approximate surface area is 316 Å². The van der Waals surface area contributed by atoms with Gasteiger partial charge in [-0.1, -0.05) is 190 Å². The smallest absolute Gasteiger partial charge is 0.164 e. The third kappa shape index (κ3) is 7.06. The summed E-state index contributed by atoms with van der Waals surface area (Å²) in [6, 6.07) is 47.9. The molecule has 1 aliphatic carbocycles. The van der Waals surface area contributed by atoms with Gasteiger partial charge in [0.05, 0.1) is 0 Å². The van der Waals surface area contributed by atoms with Gasteiger partial charge in [0.15, 0.2) is 34.9 Å². The van der Waals surface area contributed by atoms with Gasteiger partial charge in [0.25, 0.3) is 0 Å². The number of rotatable bonds is 10. The Hall–Kier alpha value is -6.66. The first kappa shape index (κ1) is 34.4. The maximum absolute atomic E-state index is 4.96. The number of hydrogen-bond acceptors (Lipinski definition) is 6. The van der Waals surface area contributed by atoms with Crippen LogP contribution in [0.25, 0.3) is 62.5 Å². The first-order valence-corrected chi connectivity index (χ1v) is 18.5. The van der Waals surface area contributed by atoms with Gasteiger partial charge in [-0.25, -0.2) is 29.9 Å². The largest absolute Gasteiger partial charge is 0.208 e. The average molecular weight is 701 g/mol. The van der Waals surface area contributed by atoms with Crippen molar-refractivity contribution in [1.29, 1.82) is 0 Å². The van der Waals surface area contributed by atoms with Crippen LogP contribution in [0.3, 0.4) is 0 Å². The Kier molecular flexibility index (Phi) is 9.90. The third-order valence-electron chi connectivity index (χ3n) is 10.2. The van der Waals surface area contributed by atoms with E-state index in [1.807, 2.05) is 97.1 Å². The number of aromatic nitrogens is 6. The van der Waals surface area contributed by atoms with Crippen molar-refractivity contribution in [1.82, 2.24) is 29.9 Å². The normalized spacial score (nSPS) is 14.0. The van der Waals surface area contributed by atoms with Crippen LogP contribution in [0.15, 0.2) is 171 Å². The highest BCUT2D eigenvalue weighted by molar-refractivity contribution is 5.73. The number of benzene rings is 5. The second-order valence-electron chi connectivity index (χ2n) is 13.6. The van der Waals surface area contributed by atoms with E-state index in [1.165, 1.54) is 30.4 Å². The van der Waals surface area contributed by atoms with Crippen LogP contribution in [-0.4, -0.2) is 29.9 Å². The van der Waals surface area contributed by atoms with Crippen LogP contribution in [0.2, 0.25) is 0 Å². The lowest BCUT2D eigenvalue weighted by atomic mass is 9.65. The summed E-state index contributed by atoms with van der Waals surface area (Å²) in [4.78, 5) is 29.4. The zero-order valence-electron chi connectivity index (χ0n) is 30.1. The molecule has 0 saturated heterocycles. The first-order valence-electron chi connectivity index (χ1n) is 18.5. The summed E-state index contributed by atoms with van der Waals surface area (Å²) in [5.74, 6) is 3.77. The van der Waals surface area contributed by atoms with Crippen molar-refractivity contribution in [3.8, 4) is 56.9 Å². The van der Waals surface area contributed by atoms with Crippen molar-refractivity contribution in [2.24, 2.45) is 0 Å². The molecular weight excluding hydrogens is 661 g/mol. The maximum atomic E-state index is 4.96. The molecule has 0 radical (unpaired) electrons. The van der Waals surface area contributed by atoms with Crippen molar-refractivity contribution in [3.63, 3.8) is 0 Å². The van der Waals surface area contributed by atoms with Crippen LogP contribution in [0.1, 0.15) is 49.1 Å². The molecule has 0 bridgehead atoms.